The zero-order valence-electron chi connectivity index (χ0n) is 19.1. The smallest absolute Gasteiger partial charge is 0.550 e. The average Bonchev–Trinajstić information content (AvgIpc) is 2.52. The summed E-state index contributed by atoms with van der Waals surface area (Å²) < 4.78 is 0. The van der Waals surface area contributed by atoms with Crippen LogP contribution in [0.1, 0.15) is 32.6 Å². The Balaban J connectivity index is -0.0000000916. The van der Waals surface area contributed by atoms with Gasteiger partial charge in [0.15, 0.2) is 5.60 Å². The van der Waals surface area contributed by atoms with Crippen molar-refractivity contribution in [2.24, 2.45) is 0 Å². The maximum Gasteiger partial charge on any atom is 1.00 e. The van der Waals surface area contributed by atoms with E-state index in [0.29, 0.717) is 0 Å². The molecular weight excluding hydrogens is 521 g/mol. The molecule has 1 atom stereocenters. The largest absolute Gasteiger partial charge is 1.00 e. The minimum Gasteiger partial charge on any atom is -0.550 e. The van der Waals surface area contributed by atoms with E-state index in [1.165, 1.54) is 6.92 Å². The van der Waals surface area contributed by atoms with Crippen molar-refractivity contribution in [3.63, 3.8) is 0 Å². The predicted molar refractivity (Wildman–Crippen MR) is 85.6 cm³/mol. The Kier molecular flexibility index (Phi) is 30.3. The van der Waals surface area contributed by atoms with Crippen LogP contribution in [0.25, 0.3) is 0 Å². The van der Waals surface area contributed by atoms with Crippen LogP contribution in [0.2, 0.25) is 0 Å². The fourth-order valence-electron chi connectivity index (χ4n) is 1.40. The van der Waals surface area contributed by atoms with E-state index in [4.69, 9.17) is 35.7 Å². The van der Waals surface area contributed by atoms with Crippen LogP contribution in [-0.2, 0) is 33.6 Å². The van der Waals surface area contributed by atoms with E-state index in [1.807, 2.05) is 0 Å². The van der Waals surface area contributed by atoms with Crippen LogP contribution < -0.4 is 104 Å². The van der Waals surface area contributed by atoms with Gasteiger partial charge in [-0.15, -0.1) is 0 Å². The number of carbonyl (C=O) groups is 7. The van der Waals surface area contributed by atoms with Gasteiger partial charge in [0.05, 0.1) is 18.8 Å². The summed E-state index contributed by atoms with van der Waals surface area (Å²) in [5, 5.41) is 88.5. The predicted octanol–water partition coefficient (Wildman–Crippen LogP) is -16.0. The van der Waals surface area contributed by atoms with Gasteiger partial charge in [0.1, 0.15) is 11.7 Å². The Bertz CT molecular complexity index is 652. The van der Waals surface area contributed by atoms with E-state index in [0.717, 1.165) is 0 Å². The molecule has 0 spiro atoms. The molecule has 1 unspecified atom stereocenters. The molecule has 35 heavy (non-hydrogen) atoms. The molecule has 0 fully saturated rings. The van der Waals surface area contributed by atoms with Gasteiger partial charge in [0.25, 0.3) is 0 Å². The Morgan fingerprint density at radius 3 is 1.03 bits per heavy atom. The quantitative estimate of drug-likeness (QED) is 0.120. The minimum atomic E-state index is -2.97. The standard InChI is InChI=1S/2C6H8O7.C3H6O3.3Na/c2*7-3(8)1-6(13,5(11)12)2-4(9)10;1-2(4)3(5)6;;;/h2*13H,1-2H2,(H,7,8)(H,9,10)(H,11,12);2,4H,1H3,(H,5,6);;;/q;;;3*+1/p-3. The third-order valence-electron chi connectivity index (χ3n) is 2.90. The normalized spacial score (nSPS) is 10.4. The van der Waals surface area contributed by atoms with Crippen molar-refractivity contribution in [3.8, 4) is 0 Å². The number of carboxylic acid groups (broad SMARTS) is 7. The summed E-state index contributed by atoms with van der Waals surface area (Å²) in [5.41, 5.74) is -5.71. The van der Waals surface area contributed by atoms with Gasteiger partial charge in [0, 0.05) is 24.8 Å². The minimum absolute atomic E-state index is 0. The zero-order valence-corrected chi connectivity index (χ0v) is 25.1. The zero-order chi connectivity index (χ0) is 26.4. The van der Waals surface area contributed by atoms with Crippen LogP contribution in [0.15, 0.2) is 0 Å². The van der Waals surface area contributed by atoms with Crippen LogP contribution in [-0.4, -0.2) is 94.8 Å². The topological polar surface area (TPSA) is 330 Å². The molecule has 20 heteroatoms. The summed E-state index contributed by atoms with van der Waals surface area (Å²) in [7, 11) is 0. The number of rotatable bonds is 11. The fourth-order valence-corrected chi connectivity index (χ4v) is 1.40. The second-order valence-electron chi connectivity index (χ2n) is 5.91. The maximum atomic E-state index is 10.3. The molecular formula is C15H19Na3O17. The number of aliphatic hydroxyl groups excluding tert-OH is 1. The third-order valence-corrected chi connectivity index (χ3v) is 2.90. The Morgan fingerprint density at radius 1 is 0.657 bits per heavy atom. The van der Waals surface area contributed by atoms with E-state index < -0.39 is 84.8 Å². The molecule has 0 aliphatic carbocycles. The average molecular weight is 540 g/mol. The van der Waals surface area contributed by atoms with E-state index >= 15 is 0 Å². The number of carbonyl (C=O) groups excluding carboxylic acids is 3. The molecule has 0 rings (SSSR count). The van der Waals surface area contributed by atoms with Crippen LogP contribution >= 0.6 is 0 Å². The fraction of sp³-hybridized carbons (Fsp3) is 0.533. The molecule has 0 bridgehead atoms. The van der Waals surface area contributed by atoms with E-state index in [1.54, 1.807) is 0 Å². The molecule has 0 saturated heterocycles. The van der Waals surface area contributed by atoms with Crippen molar-refractivity contribution >= 4 is 41.8 Å². The molecule has 0 aliphatic rings. The Morgan fingerprint density at radius 2 is 0.914 bits per heavy atom. The van der Waals surface area contributed by atoms with Crippen molar-refractivity contribution in [3.05, 3.63) is 0 Å². The van der Waals surface area contributed by atoms with Gasteiger partial charge in [-0.1, -0.05) is 0 Å². The molecule has 0 aliphatic heterocycles. The monoisotopic (exact) mass is 540 g/mol. The van der Waals surface area contributed by atoms with E-state index in [9.17, 15) is 48.9 Å². The van der Waals surface area contributed by atoms with Crippen LogP contribution in [0.3, 0.4) is 0 Å². The van der Waals surface area contributed by atoms with Crippen molar-refractivity contribution < 1.29 is 173 Å². The summed E-state index contributed by atoms with van der Waals surface area (Å²) >= 11 is 0. The van der Waals surface area contributed by atoms with Crippen LogP contribution in [0, 0.1) is 0 Å². The molecule has 0 aromatic heterocycles. The molecule has 0 amide bonds. The van der Waals surface area contributed by atoms with Crippen LogP contribution in [0.5, 0.6) is 0 Å². The van der Waals surface area contributed by atoms with Crippen molar-refractivity contribution in [1.82, 2.24) is 0 Å². The van der Waals surface area contributed by atoms with Crippen molar-refractivity contribution in [2.75, 3.05) is 0 Å². The first-order valence-corrected chi connectivity index (χ1v) is 7.84. The number of carboxylic acids is 7. The van der Waals surface area contributed by atoms with Gasteiger partial charge in [-0.05, 0) is 6.92 Å². The van der Waals surface area contributed by atoms with Crippen molar-refractivity contribution in [1.29, 1.82) is 0 Å². The maximum absolute atomic E-state index is 10.3. The molecule has 7 N–H and O–H groups in total. The van der Waals surface area contributed by atoms with Gasteiger partial charge in [-0.2, -0.15) is 0 Å². The van der Waals surface area contributed by atoms with Gasteiger partial charge in [-0.3, -0.25) is 9.59 Å². The first-order chi connectivity index (χ1) is 14.2. The molecule has 0 saturated carbocycles. The molecule has 17 nitrogen and oxygen atoms in total. The van der Waals surface area contributed by atoms with Gasteiger partial charge >= 0.3 is 113 Å². The molecule has 184 valence electrons. The summed E-state index contributed by atoms with van der Waals surface area (Å²) in [6.07, 6.45) is -6.24. The first-order valence-electron chi connectivity index (χ1n) is 7.84. The van der Waals surface area contributed by atoms with E-state index in [-0.39, 0.29) is 88.7 Å². The molecule has 0 aromatic rings. The van der Waals surface area contributed by atoms with Crippen molar-refractivity contribution in [2.45, 2.75) is 49.9 Å². The third kappa shape index (κ3) is 26.1. The van der Waals surface area contributed by atoms with Gasteiger partial charge in [0.2, 0.25) is 0 Å². The molecule has 0 radical (unpaired) electrons. The number of aliphatic carboxylic acids is 7. The SMILES string of the molecule is CC(O)C(=O)O.O=C(O)CC(O)(CC(=O)O)C(=O)O.O=C([O-])CC(O)(CC(=O)[O-])C(=O)[O-].[Na+].[Na+].[Na+]. The summed E-state index contributed by atoms with van der Waals surface area (Å²) in [5.74, 6) is -12.2. The summed E-state index contributed by atoms with van der Waals surface area (Å²) in [6, 6.07) is 0. The first kappa shape index (κ1) is 47.4. The number of hydrogen-bond acceptors (Lipinski definition) is 13. The second kappa shape index (κ2) is 22.4. The van der Waals surface area contributed by atoms with E-state index in [2.05, 4.69) is 0 Å². The Hall–Kier alpha value is -0.830. The van der Waals surface area contributed by atoms with Gasteiger partial charge < -0.3 is 65.4 Å². The molecule has 0 aromatic carbocycles. The summed E-state index contributed by atoms with van der Waals surface area (Å²) in [6.45, 7) is 1.20. The second-order valence-corrected chi connectivity index (χ2v) is 5.91. The number of aliphatic hydroxyl groups is 3. The van der Waals surface area contributed by atoms with Gasteiger partial charge in [-0.25, -0.2) is 9.59 Å². The summed E-state index contributed by atoms with van der Waals surface area (Å²) in [4.78, 5) is 69.9. The Labute approximate surface area is 262 Å². The number of hydrogen-bond donors (Lipinski definition) is 7. The molecule has 0 heterocycles. The van der Waals surface area contributed by atoms with Crippen LogP contribution in [0.4, 0.5) is 0 Å².